The van der Waals surface area contributed by atoms with Gasteiger partial charge >= 0.3 is 0 Å². The van der Waals surface area contributed by atoms with Gasteiger partial charge in [-0.2, -0.15) is 0 Å². The number of benzene rings is 2. The van der Waals surface area contributed by atoms with E-state index in [-0.39, 0.29) is 12.5 Å². The molecule has 0 aliphatic carbocycles. The van der Waals surface area contributed by atoms with Crippen LogP contribution >= 0.6 is 34.8 Å². The first-order valence-electron chi connectivity index (χ1n) is 5.61. The smallest absolute Gasteiger partial charge is 0.142 e. The van der Waals surface area contributed by atoms with Gasteiger partial charge in [0.1, 0.15) is 24.0 Å². The Bertz CT molecular complexity index is 612. The summed E-state index contributed by atoms with van der Waals surface area (Å²) >= 11 is 17.7. The molecule has 1 nitrogen and oxygen atoms in total. The third-order valence-electron chi connectivity index (χ3n) is 2.53. The summed E-state index contributed by atoms with van der Waals surface area (Å²) < 4.78 is 31.6. The second kappa shape index (κ2) is 6.61. The van der Waals surface area contributed by atoms with Gasteiger partial charge in [-0.15, -0.1) is 11.6 Å². The van der Waals surface area contributed by atoms with Gasteiger partial charge in [0.2, 0.25) is 0 Å². The molecule has 0 spiro atoms. The Morgan fingerprint density at radius 1 is 0.950 bits per heavy atom. The van der Waals surface area contributed by atoms with Crippen molar-refractivity contribution in [3.63, 3.8) is 0 Å². The fourth-order valence-corrected chi connectivity index (χ4v) is 2.51. The summed E-state index contributed by atoms with van der Waals surface area (Å²) in [6.07, 6.45) is 0. The predicted octanol–water partition coefficient (Wildman–Crippen LogP) is 5.59. The lowest BCUT2D eigenvalue weighted by Gasteiger charge is -2.12. The molecule has 0 amide bonds. The Balaban J connectivity index is 2.22. The maximum absolute atomic E-state index is 13.1. The molecule has 2 aromatic rings. The maximum atomic E-state index is 13.1. The highest BCUT2D eigenvalue weighted by atomic mass is 35.5. The number of ether oxygens (including phenoxy) is 1. The van der Waals surface area contributed by atoms with Gasteiger partial charge in [0.15, 0.2) is 0 Å². The summed E-state index contributed by atoms with van der Waals surface area (Å²) in [5.41, 5.74) is 0.968. The number of hydrogen-bond acceptors (Lipinski definition) is 1. The van der Waals surface area contributed by atoms with Crippen molar-refractivity contribution in [2.75, 3.05) is 0 Å². The Hall–Kier alpha value is -1.03. The largest absolute Gasteiger partial charge is 0.487 e. The van der Waals surface area contributed by atoms with E-state index in [4.69, 9.17) is 39.5 Å². The Morgan fingerprint density at radius 3 is 2.20 bits per heavy atom. The minimum atomic E-state index is -0.664. The molecule has 106 valence electrons. The SMILES string of the molecule is Fc1cc(F)cc(COc2c(Cl)cc(Cl)cc2CCl)c1. The average Bonchev–Trinajstić information content (AvgIpc) is 2.35. The van der Waals surface area contributed by atoms with Gasteiger partial charge in [-0.05, 0) is 29.8 Å². The third kappa shape index (κ3) is 3.75. The molecule has 0 atom stereocenters. The average molecular weight is 338 g/mol. The highest BCUT2D eigenvalue weighted by Gasteiger charge is 2.11. The van der Waals surface area contributed by atoms with Crippen molar-refractivity contribution in [3.8, 4) is 5.75 Å². The van der Waals surface area contributed by atoms with Gasteiger partial charge in [0.25, 0.3) is 0 Å². The molecule has 0 bridgehead atoms. The zero-order chi connectivity index (χ0) is 14.7. The van der Waals surface area contributed by atoms with Gasteiger partial charge in [-0.25, -0.2) is 8.78 Å². The molecule has 0 unspecified atom stereocenters. The van der Waals surface area contributed by atoms with Crippen LogP contribution in [0.2, 0.25) is 10.0 Å². The van der Waals surface area contributed by atoms with Gasteiger partial charge < -0.3 is 4.74 Å². The minimum Gasteiger partial charge on any atom is -0.487 e. The number of hydrogen-bond donors (Lipinski definition) is 0. The Morgan fingerprint density at radius 2 is 1.60 bits per heavy atom. The van der Waals surface area contributed by atoms with E-state index < -0.39 is 11.6 Å². The summed E-state index contributed by atoms with van der Waals surface area (Å²) in [7, 11) is 0. The van der Waals surface area contributed by atoms with Crippen LogP contribution < -0.4 is 4.74 Å². The molecule has 0 N–H and O–H groups in total. The van der Waals surface area contributed by atoms with Crippen molar-refractivity contribution >= 4 is 34.8 Å². The Labute approximate surface area is 130 Å². The van der Waals surface area contributed by atoms with Crippen molar-refractivity contribution in [1.29, 1.82) is 0 Å². The maximum Gasteiger partial charge on any atom is 0.142 e. The summed E-state index contributed by atoms with van der Waals surface area (Å²) in [5.74, 6) is -0.810. The molecular formula is C14H9Cl3F2O. The van der Waals surface area contributed by atoms with Gasteiger partial charge in [0.05, 0.1) is 10.9 Å². The van der Waals surface area contributed by atoms with Crippen LogP contribution in [-0.4, -0.2) is 0 Å². The van der Waals surface area contributed by atoms with Crippen LogP contribution in [0.15, 0.2) is 30.3 Å². The molecule has 2 aromatic carbocycles. The van der Waals surface area contributed by atoms with Crippen LogP contribution in [0.1, 0.15) is 11.1 Å². The minimum absolute atomic E-state index is 0.0279. The van der Waals surface area contributed by atoms with Crippen LogP contribution in [-0.2, 0) is 12.5 Å². The fourth-order valence-electron chi connectivity index (χ4n) is 1.72. The molecule has 0 fully saturated rings. The standard InChI is InChI=1S/C14H9Cl3F2O/c15-6-9-3-10(16)4-13(17)14(9)20-7-8-1-11(18)5-12(19)2-8/h1-5H,6-7H2. The second-order valence-corrected chi connectivity index (χ2v) is 5.19. The second-order valence-electron chi connectivity index (χ2n) is 4.08. The van der Waals surface area contributed by atoms with Crippen LogP contribution in [0.25, 0.3) is 0 Å². The van der Waals surface area contributed by atoms with Crippen molar-refractivity contribution in [1.82, 2.24) is 0 Å². The van der Waals surface area contributed by atoms with Crippen LogP contribution in [0.5, 0.6) is 5.75 Å². The fraction of sp³-hybridized carbons (Fsp3) is 0.143. The molecule has 6 heteroatoms. The summed E-state index contributed by atoms with van der Waals surface area (Å²) in [4.78, 5) is 0. The van der Waals surface area contributed by atoms with E-state index in [2.05, 4.69) is 0 Å². The summed E-state index contributed by atoms with van der Waals surface area (Å²) in [6, 6.07) is 6.31. The highest BCUT2D eigenvalue weighted by Crippen LogP contribution is 2.34. The van der Waals surface area contributed by atoms with Gasteiger partial charge in [-0.3, -0.25) is 0 Å². The van der Waals surface area contributed by atoms with Gasteiger partial charge in [0, 0.05) is 16.7 Å². The van der Waals surface area contributed by atoms with E-state index in [0.717, 1.165) is 6.07 Å². The number of halogens is 5. The van der Waals surface area contributed by atoms with E-state index >= 15 is 0 Å². The molecule has 0 saturated carbocycles. The Kier molecular flexibility index (Phi) is 5.08. The number of alkyl halides is 1. The van der Waals surface area contributed by atoms with Crippen molar-refractivity contribution < 1.29 is 13.5 Å². The van der Waals surface area contributed by atoms with Gasteiger partial charge in [-0.1, -0.05) is 23.2 Å². The molecule has 0 radical (unpaired) electrons. The molecule has 0 aromatic heterocycles. The molecular weight excluding hydrogens is 329 g/mol. The van der Waals surface area contributed by atoms with Crippen LogP contribution in [0.4, 0.5) is 8.78 Å². The molecule has 2 rings (SSSR count). The third-order valence-corrected chi connectivity index (χ3v) is 3.32. The van der Waals surface area contributed by atoms with E-state index in [1.165, 1.54) is 18.2 Å². The summed E-state index contributed by atoms with van der Waals surface area (Å²) in [5, 5.41) is 0.736. The molecule has 0 heterocycles. The lowest BCUT2D eigenvalue weighted by Crippen LogP contribution is -2.00. The zero-order valence-corrected chi connectivity index (χ0v) is 12.4. The van der Waals surface area contributed by atoms with Crippen molar-refractivity contribution in [2.45, 2.75) is 12.5 Å². The zero-order valence-electron chi connectivity index (χ0n) is 10.1. The van der Waals surface area contributed by atoms with Crippen LogP contribution in [0.3, 0.4) is 0 Å². The molecule has 0 aliphatic heterocycles. The summed E-state index contributed by atoms with van der Waals surface area (Å²) in [6.45, 7) is -0.0279. The quantitative estimate of drug-likeness (QED) is 0.661. The normalized spacial score (nSPS) is 10.7. The molecule has 0 saturated heterocycles. The van der Waals surface area contributed by atoms with E-state index in [1.54, 1.807) is 6.07 Å². The van der Waals surface area contributed by atoms with E-state index in [9.17, 15) is 8.78 Å². The first kappa shape index (κ1) is 15.4. The highest BCUT2D eigenvalue weighted by molar-refractivity contribution is 6.36. The first-order valence-corrected chi connectivity index (χ1v) is 6.90. The lowest BCUT2D eigenvalue weighted by atomic mass is 10.2. The lowest BCUT2D eigenvalue weighted by molar-refractivity contribution is 0.302. The first-order chi connectivity index (χ1) is 9.49. The van der Waals surface area contributed by atoms with E-state index in [1.807, 2.05) is 0 Å². The topological polar surface area (TPSA) is 9.23 Å². The van der Waals surface area contributed by atoms with Crippen LogP contribution in [0, 0.1) is 11.6 Å². The monoisotopic (exact) mass is 336 g/mol. The molecule has 0 aliphatic rings. The van der Waals surface area contributed by atoms with E-state index in [0.29, 0.717) is 26.9 Å². The predicted molar refractivity (Wildman–Crippen MR) is 76.7 cm³/mol. The molecule has 20 heavy (non-hydrogen) atoms. The van der Waals surface area contributed by atoms with Crippen molar-refractivity contribution in [3.05, 3.63) is 63.1 Å². The number of rotatable bonds is 4. The van der Waals surface area contributed by atoms with Crippen molar-refractivity contribution in [2.24, 2.45) is 0 Å².